The molecule has 2 aromatic heterocycles. The van der Waals surface area contributed by atoms with Crippen molar-refractivity contribution in [2.75, 3.05) is 12.3 Å². The first-order chi connectivity index (χ1) is 7.31. The van der Waals surface area contributed by atoms with Gasteiger partial charge >= 0.3 is 5.76 Å². The number of nitrogens with two attached hydrogens (primary N) is 1. The molecule has 8 nitrogen and oxygen atoms in total. The monoisotopic (exact) mass is 229 g/mol. The molecule has 0 aliphatic heterocycles. The van der Waals surface area contributed by atoms with Crippen LogP contribution in [-0.2, 0) is 0 Å². The van der Waals surface area contributed by atoms with Crippen molar-refractivity contribution in [1.29, 1.82) is 0 Å². The third-order valence-electron chi connectivity index (χ3n) is 1.48. The number of thioether (sulfide) groups is 1. The van der Waals surface area contributed by atoms with Gasteiger partial charge in [0.2, 0.25) is 5.82 Å². The lowest BCUT2D eigenvalue weighted by Crippen LogP contribution is -2.01. The molecule has 0 radical (unpaired) electrons. The molecule has 2 rings (SSSR count). The minimum atomic E-state index is -0.650. The number of nitrogens with zero attached hydrogens (tertiary/aromatic N) is 3. The van der Waals surface area contributed by atoms with Gasteiger partial charge in [0.25, 0.3) is 0 Å². The molecule has 3 N–H and O–H groups in total. The van der Waals surface area contributed by atoms with Gasteiger partial charge in [-0.05, 0) is 10.3 Å². The van der Waals surface area contributed by atoms with E-state index in [1.165, 1.54) is 11.8 Å². The van der Waals surface area contributed by atoms with Gasteiger partial charge in [-0.3, -0.25) is 9.51 Å². The average molecular weight is 229 g/mol. The van der Waals surface area contributed by atoms with Gasteiger partial charge in [0.1, 0.15) is 0 Å². The summed E-state index contributed by atoms with van der Waals surface area (Å²) in [7, 11) is 0. The van der Waals surface area contributed by atoms with Crippen molar-refractivity contribution in [1.82, 2.24) is 20.5 Å². The molecule has 0 aliphatic carbocycles. The van der Waals surface area contributed by atoms with Crippen molar-refractivity contribution in [2.24, 2.45) is 5.73 Å². The Bertz CT molecular complexity index is 489. The van der Waals surface area contributed by atoms with Gasteiger partial charge in [0.05, 0.1) is 0 Å². The molecule has 2 aromatic rings. The Hall–Kier alpha value is -1.61. The van der Waals surface area contributed by atoms with Gasteiger partial charge < -0.3 is 5.73 Å². The summed E-state index contributed by atoms with van der Waals surface area (Å²) < 4.78 is 8.88. The maximum atomic E-state index is 10.7. The molecular formula is C6H7N5O3S. The molecule has 80 valence electrons. The van der Waals surface area contributed by atoms with Gasteiger partial charge in [-0.2, -0.15) is 0 Å². The van der Waals surface area contributed by atoms with E-state index < -0.39 is 5.76 Å². The Kier molecular flexibility index (Phi) is 2.83. The summed E-state index contributed by atoms with van der Waals surface area (Å²) in [6.07, 6.45) is 0. The summed E-state index contributed by atoms with van der Waals surface area (Å²) >= 11 is 1.36. The summed E-state index contributed by atoms with van der Waals surface area (Å²) in [5, 5.41) is 11.3. The Morgan fingerprint density at radius 2 is 2.27 bits per heavy atom. The van der Waals surface area contributed by atoms with Crippen molar-refractivity contribution in [3.63, 3.8) is 0 Å². The molecular weight excluding hydrogens is 222 g/mol. The third-order valence-corrected chi connectivity index (χ3v) is 2.46. The molecule has 0 amide bonds. The smallest absolute Gasteiger partial charge is 0.330 e. The second-order valence-electron chi connectivity index (χ2n) is 2.50. The van der Waals surface area contributed by atoms with Crippen molar-refractivity contribution >= 4 is 11.8 Å². The fourth-order valence-corrected chi connectivity index (χ4v) is 1.58. The minimum absolute atomic E-state index is 0.195. The quantitative estimate of drug-likeness (QED) is 0.670. The highest BCUT2D eigenvalue weighted by molar-refractivity contribution is 7.99. The average Bonchev–Trinajstić information content (AvgIpc) is 2.82. The Morgan fingerprint density at radius 1 is 1.40 bits per heavy atom. The zero-order valence-electron chi connectivity index (χ0n) is 7.47. The second-order valence-corrected chi connectivity index (χ2v) is 3.58. The molecule has 0 fully saturated rings. The molecule has 0 saturated heterocycles. The lowest BCUT2D eigenvalue weighted by atomic mass is 10.5. The molecule has 0 atom stereocenters. The van der Waals surface area contributed by atoms with Crippen LogP contribution in [0.1, 0.15) is 0 Å². The second kappa shape index (κ2) is 4.28. The number of hydrogen-bond donors (Lipinski definition) is 2. The van der Waals surface area contributed by atoms with Crippen LogP contribution in [0.5, 0.6) is 0 Å². The lowest BCUT2D eigenvalue weighted by Gasteiger charge is -1.92. The van der Waals surface area contributed by atoms with Crippen LogP contribution in [-0.4, -0.2) is 32.8 Å². The molecule has 0 unspecified atom stereocenters. The zero-order valence-corrected chi connectivity index (χ0v) is 8.28. The summed E-state index contributed by atoms with van der Waals surface area (Å²) in [5.41, 5.74) is 5.69. The highest BCUT2D eigenvalue weighted by atomic mass is 32.2. The van der Waals surface area contributed by atoms with E-state index in [0.717, 1.165) is 0 Å². The SMILES string of the molecule is NCCSc1nonc1-c1noc(=O)[nH]1. The first-order valence-corrected chi connectivity index (χ1v) is 5.01. The zero-order chi connectivity index (χ0) is 10.7. The number of nitrogens with one attached hydrogen (secondary N) is 1. The highest BCUT2D eigenvalue weighted by Gasteiger charge is 2.16. The van der Waals surface area contributed by atoms with Crippen LogP contribution in [0.4, 0.5) is 0 Å². The predicted octanol–water partition coefficient (Wildman–Crippen LogP) is -0.536. The molecule has 0 bridgehead atoms. The highest BCUT2D eigenvalue weighted by Crippen LogP contribution is 2.24. The maximum absolute atomic E-state index is 10.7. The van der Waals surface area contributed by atoms with E-state index in [1.54, 1.807) is 0 Å². The van der Waals surface area contributed by atoms with E-state index >= 15 is 0 Å². The molecule has 2 heterocycles. The number of H-pyrrole nitrogens is 1. The minimum Gasteiger partial charge on any atom is -0.330 e. The van der Waals surface area contributed by atoms with E-state index in [4.69, 9.17) is 5.73 Å². The van der Waals surface area contributed by atoms with Gasteiger partial charge in [0, 0.05) is 12.3 Å². The van der Waals surface area contributed by atoms with Crippen molar-refractivity contribution in [3.05, 3.63) is 10.6 Å². The summed E-state index contributed by atoms with van der Waals surface area (Å²) in [6, 6.07) is 0. The van der Waals surface area contributed by atoms with Gasteiger partial charge in [-0.25, -0.2) is 9.42 Å². The van der Waals surface area contributed by atoms with Crippen LogP contribution in [0.25, 0.3) is 11.5 Å². The third kappa shape index (κ3) is 2.07. The molecule has 15 heavy (non-hydrogen) atoms. The topological polar surface area (TPSA) is 124 Å². The fourth-order valence-electron chi connectivity index (χ4n) is 0.907. The predicted molar refractivity (Wildman–Crippen MR) is 50.2 cm³/mol. The maximum Gasteiger partial charge on any atom is 0.439 e. The van der Waals surface area contributed by atoms with Crippen LogP contribution >= 0.6 is 11.8 Å². The standard InChI is InChI=1S/C6H7N5O3S/c7-1-2-15-5-3(9-14-11-5)4-8-6(12)13-10-4/h1-2,7H2,(H,8,10,12). The lowest BCUT2D eigenvalue weighted by molar-refractivity contribution is 0.299. The number of aromatic amines is 1. The molecule has 0 aliphatic rings. The number of hydrogen-bond acceptors (Lipinski definition) is 8. The van der Waals surface area contributed by atoms with Crippen molar-refractivity contribution in [3.8, 4) is 11.5 Å². The van der Waals surface area contributed by atoms with Crippen molar-refractivity contribution in [2.45, 2.75) is 5.03 Å². The molecule has 0 saturated carbocycles. The summed E-state index contributed by atoms with van der Waals surface area (Å²) in [4.78, 5) is 13.1. The van der Waals surface area contributed by atoms with Crippen LogP contribution in [0.3, 0.4) is 0 Å². The molecule has 9 heteroatoms. The Labute approximate surface area is 87.2 Å². The first kappa shape index (κ1) is 9.93. The van der Waals surface area contributed by atoms with Gasteiger partial charge in [-0.1, -0.05) is 16.9 Å². The van der Waals surface area contributed by atoms with E-state index in [-0.39, 0.29) is 5.82 Å². The molecule has 0 aromatic carbocycles. The largest absolute Gasteiger partial charge is 0.439 e. The first-order valence-electron chi connectivity index (χ1n) is 4.03. The summed E-state index contributed by atoms with van der Waals surface area (Å²) in [6.45, 7) is 0.506. The van der Waals surface area contributed by atoms with E-state index in [0.29, 0.717) is 23.0 Å². The number of aromatic nitrogens is 4. The Balaban J connectivity index is 2.28. The van der Waals surface area contributed by atoms with Gasteiger partial charge in [-0.15, -0.1) is 0 Å². The van der Waals surface area contributed by atoms with Crippen LogP contribution in [0, 0.1) is 0 Å². The van der Waals surface area contributed by atoms with Crippen LogP contribution < -0.4 is 11.5 Å². The number of rotatable bonds is 4. The van der Waals surface area contributed by atoms with Crippen molar-refractivity contribution < 1.29 is 9.15 Å². The van der Waals surface area contributed by atoms with E-state index in [2.05, 4.69) is 29.6 Å². The van der Waals surface area contributed by atoms with Gasteiger partial charge in [0.15, 0.2) is 10.7 Å². The Morgan fingerprint density at radius 3 is 2.93 bits per heavy atom. The fraction of sp³-hybridized carbons (Fsp3) is 0.333. The molecule has 0 spiro atoms. The van der Waals surface area contributed by atoms with E-state index in [1.807, 2.05) is 0 Å². The van der Waals surface area contributed by atoms with Crippen LogP contribution in [0.15, 0.2) is 19.0 Å². The van der Waals surface area contributed by atoms with Crippen LogP contribution in [0.2, 0.25) is 0 Å². The summed E-state index contributed by atoms with van der Waals surface area (Å²) in [5.74, 6) is 0.215. The van der Waals surface area contributed by atoms with E-state index in [9.17, 15) is 4.79 Å². The normalized spacial score (nSPS) is 10.7.